The predicted octanol–water partition coefficient (Wildman–Crippen LogP) is 3.96. The zero-order valence-corrected chi connectivity index (χ0v) is 12.4. The number of rotatable bonds is 2. The van der Waals surface area contributed by atoms with Crippen molar-refractivity contribution in [1.29, 1.82) is 0 Å². The van der Waals surface area contributed by atoms with E-state index in [0.29, 0.717) is 6.04 Å². The van der Waals surface area contributed by atoms with Gasteiger partial charge in [0.2, 0.25) is 0 Å². The van der Waals surface area contributed by atoms with Crippen molar-refractivity contribution in [3.8, 4) is 0 Å². The third-order valence-electron chi connectivity index (χ3n) is 5.32. The molecule has 3 atom stereocenters. The highest BCUT2D eigenvalue weighted by molar-refractivity contribution is 5.30. The molecule has 0 bridgehead atoms. The zero-order chi connectivity index (χ0) is 13.2. The second-order valence-corrected chi connectivity index (χ2v) is 6.79. The standard InChI is InChI=1S/C18H27N/c1-13-6-5-7-14(2)18(13)19-17-11-10-15-8-3-4-9-16(15)12-17/h3-4,8-9,13-14,17-19H,5-7,10-12H2,1-2H3. The molecule has 1 N–H and O–H groups in total. The maximum absolute atomic E-state index is 4.00. The lowest BCUT2D eigenvalue weighted by molar-refractivity contribution is 0.187. The Labute approximate surface area is 117 Å². The van der Waals surface area contributed by atoms with Gasteiger partial charge in [-0.25, -0.2) is 0 Å². The first-order valence-corrected chi connectivity index (χ1v) is 8.07. The first kappa shape index (κ1) is 13.2. The lowest BCUT2D eigenvalue weighted by Crippen LogP contribution is -2.49. The molecule has 1 saturated carbocycles. The minimum absolute atomic E-state index is 0.697. The molecule has 0 heterocycles. The van der Waals surface area contributed by atoms with Gasteiger partial charge in [-0.1, -0.05) is 44.5 Å². The minimum atomic E-state index is 0.697. The van der Waals surface area contributed by atoms with Crippen molar-refractivity contribution in [2.24, 2.45) is 11.8 Å². The summed E-state index contributed by atoms with van der Waals surface area (Å²) in [6, 6.07) is 10.4. The Morgan fingerprint density at radius 3 is 2.37 bits per heavy atom. The first-order chi connectivity index (χ1) is 9.24. The van der Waals surface area contributed by atoms with Crippen molar-refractivity contribution in [1.82, 2.24) is 5.32 Å². The monoisotopic (exact) mass is 257 g/mol. The van der Waals surface area contributed by atoms with Gasteiger partial charge in [-0.3, -0.25) is 0 Å². The molecule has 0 aliphatic heterocycles. The van der Waals surface area contributed by atoms with E-state index in [1.54, 1.807) is 11.1 Å². The molecule has 0 saturated heterocycles. The van der Waals surface area contributed by atoms with Gasteiger partial charge in [0.15, 0.2) is 0 Å². The van der Waals surface area contributed by atoms with Crippen LogP contribution in [0.2, 0.25) is 0 Å². The Balaban J connectivity index is 1.65. The number of hydrogen-bond donors (Lipinski definition) is 1. The van der Waals surface area contributed by atoms with E-state index in [1.807, 2.05) is 0 Å². The normalized spacial score (nSPS) is 34.8. The van der Waals surface area contributed by atoms with Crippen molar-refractivity contribution in [3.05, 3.63) is 35.4 Å². The van der Waals surface area contributed by atoms with Gasteiger partial charge in [-0.2, -0.15) is 0 Å². The third-order valence-corrected chi connectivity index (χ3v) is 5.32. The number of hydrogen-bond acceptors (Lipinski definition) is 1. The van der Waals surface area contributed by atoms with Crippen LogP contribution in [0.3, 0.4) is 0 Å². The second kappa shape index (κ2) is 5.66. The van der Waals surface area contributed by atoms with E-state index in [4.69, 9.17) is 0 Å². The van der Waals surface area contributed by atoms with E-state index in [2.05, 4.69) is 43.4 Å². The topological polar surface area (TPSA) is 12.0 Å². The Bertz CT molecular complexity index is 415. The van der Waals surface area contributed by atoms with E-state index in [0.717, 1.165) is 17.9 Å². The van der Waals surface area contributed by atoms with Crippen molar-refractivity contribution in [2.75, 3.05) is 0 Å². The molecule has 3 unspecified atom stereocenters. The average molecular weight is 257 g/mol. The summed E-state index contributed by atoms with van der Waals surface area (Å²) in [5, 5.41) is 4.00. The van der Waals surface area contributed by atoms with Crippen LogP contribution < -0.4 is 5.32 Å². The molecule has 1 aromatic rings. The van der Waals surface area contributed by atoms with Crippen LogP contribution in [0.1, 0.15) is 50.7 Å². The molecule has 1 aromatic carbocycles. The molecular weight excluding hydrogens is 230 g/mol. The molecule has 104 valence electrons. The van der Waals surface area contributed by atoms with Crippen LogP contribution in [0.5, 0.6) is 0 Å². The van der Waals surface area contributed by atoms with Crippen molar-refractivity contribution >= 4 is 0 Å². The van der Waals surface area contributed by atoms with Gasteiger partial charge >= 0.3 is 0 Å². The predicted molar refractivity (Wildman–Crippen MR) is 81.4 cm³/mol. The smallest absolute Gasteiger partial charge is 0.0121 e. The molecule has 0 radical (unpaired) electrons. The van der Waals surface area contributed by atoms with Crippen LogP contribution >= 0.6 is 0 Å². The lowest BCUT2D eigenvalue weighted by atomic mass is 9.77. The SMILES string of the molecule is CC1CCCC(C)C1NC1CCc2ccccc2C1. The van der Waals surface area contributed by atoms with Crippen molar-refractivity contribution < 1.29 is 0 Å². The fourth-order valence-corrected chi connectivity index (χ4v) is 4.12. The Morgan fingerprint density at radius 1 is 0.947 bits per heavy atom. The summed E-state index contributed by atoms with van der Waals surface area (Å²) in [7, 11) is 0. The van der Waals surface area contributed by atoms with Crippen LogP contribution in [0.25, 0.3) is 0 Å². The molecule has 0 amide bonds. The van der Waals surface area contributed by atoms with Crippen molar-refractivity contribution in [3.63, 3.8) is 0 Å². The quantitative estimate of drug-likeness (QED) is 0.845. The van der Waals surface area contributed by atoms with Crippen LogP contribution in [-0.4, -0.2) is 12.1 Å². The molecule has 3 rings (SSSR count). The summed E-state index contributed by atoms with van der Waals surface area (Å²) in [4.78, 5) is 0. The van der Waals surface area contributed by atoms with Gasteiger partial charge in [0.25, 0.3) is 0 Å². The summed E-state index contributed by atoms with van der Waals surface area (Å²) >= 11 is 0. The van der Waals surface area contributed by atoms with Gasteiger partial charge in [0.05, 0.1) is 0 Å². The molecule has 19 heavy (non-hydrogen) atoms. The Hall–Kier alpha value is -0.820. The van der Waals surface area contributed by atoms with E-state index in [-0.39, 0.29) is 0 Å². The van der Waals surface area contributed by atoms with Crippen LogP contribution in [0.4, 0.5) is 0 Å². The molecule has 0 spiro atoms. The highest BCUT2D eigenvalue weighted by Gasteiger charge is 2.30. The van der Waals surface area contributed by atoms with E-state index >= 15 is 0 Å². The number of aryl methyl sites for hydroxylation is 1. The summed E-state index contributed by atoms with van der Waals surface area (Å²) in [6.07, 6.45) is 8.03. The molecule has 2 aliphatic carbocycles. The second-order valence-electron chi connectivity index (χ2n) is 6.79. The minimum Gasteiger partial charge on any atom is -0.310 e. The summed E-state index contributed by atoms with van der Waals surface area (Å²) in [6.45, 7) is 4.87. The van der Waals surface area contributed by atoms with Gasteiger partial charge in [-0.15, -0.1) is 0 Å². The van der Waals surface area contributed by atoms with Gasteiger partial charge in [0.1, 0.15) is 0 Å². The van der Waals surface area contributed by atoms with Crippen LogP contribution in [-0.2, 0) is 12.8 Å². The van der Waals surface area contributed by atoms with Crippen LogP contribution in [0.15, 0.2) is 24.3 Å². The zero-order valence-electron chi connectivity index (χ0n) is 12.4. The van der Waals surface area contributed by atoms with Gasteiger partial charge in [0, 0.05) is 12.1 Å². The maximum atomic E-state index is 4.00. The fraction of sp³-hybridized carbons (Fsp3) is 0.667. The number of nitrogens with one attached hydrogen (secondary N) is 1. The average Bonchev–Trinajstić information content (AvgIpc) is 2.43. The van der Waals surface area contributed by atoms with E-state index in [1.165, 1.54) is 38.5 Å². The molecular formula is C18H27N. The van der Waals surface area contributed by atoms with Gasteiger partial charge < -0.3 is 5.32 Å². The summed E-state index contributed by atoms with van der Waals surface area (Å²) < 4.78 is 0. The molecule has 2 aliphatic rings. The van der Waals surface area contributed by atoms with E-state index < -0.39 is 0 Å². The highest BCUT2D eigenvalue weighted by atomic mass is 15.0. The third kappa shape index (κ3) is 2.86. The summed E-state index contributed by atoms with van der Waals surface area (Å²) in [5.41, 5.74) is 3.15. The number of fused-ring (bicyclic) bond motifs is 1. The molecule has 0 aromatic heterocycles. The van der Waals surface area contributed by atoms with Gasteiger partial charge in [-0.05, 0) is 55.1 Å². The molecule has 1 nitrogen and oxygen atoms in total. The first-order valence-electron chi connectivity index (χ1n) is 8.07. The fourth-order valence-electron chi connectivity index (χ4n) is 4.12. The summed E-state index contributed by atoms with van der Waals surface area (Å²) in [5.74, 6) is 1.70. The Kier molecular flexibility index (Phi) is 3.93. The Morgan fingerprint density at radius 2 is 1.63 bits per heavy atom. The van der Waals surface area contributed by atoms with Crippen LogP contribution in [0, 0.1) is 11.8 Å². The largest absolute Gasteiger partial charge is 0.310 e. The highest BCUT2D eigenvalue weighted by Crippen LogP contribution is 2.30. The van der Waals surface area contributed by atoms with Crippen molar-refractivity contribution in [2.45, 2.75) is 64.5 Å². The molecule has 1 heteroatoms. The van der Waals surface area contributed by atoms with E-state index in [9.17, 15) is 0 Å². The lowest BCUT2D eigenvalue weighted by Gasteiger charge is -2.39. The maximum Gasteiger partial charge on any atom is 0.0121 e. The number of benzene rings is 1. The molecule has 1 fully saturated rings.